The van der Waals surface area contributed by atoms with E-state index in [1.54, 1.807) is 43.1 Å². The number of nitrogens with one attached hydrogen (secondary N) is 1. The summed E-state index contributed by atoms with van der Waals surface area (Å²) in [4.78, 5) is 12.3. The minimum absolute atomic E-state index is 0.162. The third-order valence-electron chi connectivity index (χ3n) is 3.97. The van der Waals surface area contributed by atoms with Gasteiger partial charge in [-0.1, -0.05) is 39.8 Å². The second-order valence-corrected chi connectivity index (χ2v) is 7.64. The van der Waals surface area contributed by atoms with Gasteiger partial charge in [0.05, 0.1) is 13.7 Å². The molecule has 0 bridgehead atoms. The van der Waals surface area contributed by atoms with Crippen LogP contribution in [-0.2, 0) is 19.3 Å². The summed E-state index contributed by atoms with van der Waals surface area (Å²) in [6, 6.07) is 15.2. The van der Waals surface area contributed by atoms with Gasteiger partial charge in [0.25, 0.3) is 5.91 Å². The molecule has 27 heavy (non-hydrogen) atoms. The second kappa shape index (κ2) is 9.05. The summed E-state index contributed by atoms with van der Waals surface area (Å²) in [5.41, 5.74) is 1.78. The van der Waals surface area contributed by atoms with Crippen molar-refractivity contribution in [2.45, 2.75) is 17.5 Å². The van der Waals surface area contributed by atoms with Crippen LogP contribution in [0, 0.1) is 0 Å². The van der Waals surface area contributed by atoms with Crippen molar-refractivity contribution in [3.8, 4) is 5.75 Å². The van der Waals surface area contributed by atoms with Crippen LogP contribution in [0.5, 0.6) is 5.75 Å². The first-order valence-corrected chi connectivity index (χ1v) is 10.0. The largest absolute Gasteiger partial charge is 0.497 e. The van der Waals surface area contributed by atoms with Crippen LogP contribution in [0.25, 0.3) is 0 Å². The standard InChI is InChI=1S/C19H19BrN4O2S/c1-24-17(11-21-18(25)14-5-9-16(26-2)10-6-14)22-23-19(24)27-12-13-3-7-15(20)8-4-13/h3-10H,11-12H2,1-2H3,(H,21,25). The Morgan fingerprint density at radius 1 is 1.15 bits per heavy atom. The molecule has 0 fully saturated rings. The molecular weight excluding hydrogens is 428 g/mol. The number of halogens is 1. The van der Waals surface area contributed by atoms with Gasteiger partial charge in [-0.2, -0.15) is 0 Å². The molecule has 6 nitrogen and oxygen atoms in total. The number of benzene rings is 2. The fourth-order valence-electron chi connectivity index (χ4n) is 2.36. The molecule has 0 radical (unpaired) electrons. The first kappa shape index (κ1) is 19.4. The number of methoxy groups -OCH3 is 1. The molecule has 3 aromatic rings. The number of hydrogen-bond acceptors (Lipinski definition) is 5. The van der Waals surface area contributed by atoms with Crippen molar-refractivity contribution in [3.05, 3.63) is 70.0 Å². The lowest BCUT2D eigenvalue weighted by molar-refractivity contribution is 0.0949. The number of amides is 1. The van der Waals surface area contributed by atoms with E-state index in [2.05, 4.69) is 43.6 Å². The van der Waals surface area contributed by atoms with Gasteiger partial charge in [-0.25, -0.2) is 0 Å². The molecule has 0 spiro atoms. The van der Waals surface area contributed by atoms with Crippen molar-refractivity contribution in [2.24, 2.45) is 7.05 Å². The molecule has 0 saturated carbocycles. The highest BCUT2D eigenvalue weighted by Gasteiger charge is 2.12. The van der Waals surface area contributed by atoms with Gasteiger partial charge in [-0.05, 0) is 42.0 Å². The molecule has 0 unspecified atom stereocenters. The van der Waals surface area contributed by atoms with Crippen LogP contribution in [0.1, 0.15) is 21.7 Å². The Morgan fingerprint density at radius 2 is 1.85 bits per heavy atom. The molecule has 8 heteroatoms. The summed E-state index contributed by atoms with van der Waals surface area (Å²) in [6.45, 7) is 0.313. The number of thioether (sulfide) groups is 1. The fraction of sp³-hybridized carbons (Fsp3) is 0.211. The maximum atomic E-state index is 12.3. The van der Waals surface area contributed by atoms with Crippen LogP contribution in [0.15, 0.2) is 58.2 Å². The van der Waals surface area contributed by atoms with Crippen molar-refractivity contribution in [1.82, 2.24) is 20.1 Å². The maximum Gasteiger partial charge on any atom is 0.251 e. The normalized spacial score (nSPS) is 10.6. The Labute approximate surface area is 170 Å². The van der Waals surface area contributed by atoms with Crippen LogP contribution in [0.4, 0.5) is 0 Å². The number of nitrogens with zero attached hydrogens (tertiary/aromatic N) is 3. The minimum atomic E-state index is -0.162. The van der Waals surface area contributed by atoms with Gasteiger partial charge in [-0.3, -0.25) is 4.79 Å². The maximum absolute atomic E-state index is 12.3. The van der Waals surface area contributed by atoms with Crippen LogP contribution < -0.4 is 10.1 Å². The fourth-order valence-corrected chi connectivity index (χ4v) is 3.51. The molecule has 1 amide bonds. The highest BCUT2D eigenvalue weighted by Crippen LogP contribution is 2.22. The molecular formula is C19H19BrN4O2S. The number of carbonyl (C=O) groups excluding carboxylic acids is 1. The van der Waals surface area contributed by atoms with E-state index in [9.17, 15) is 4.79 Å². The third-order valence-corrected chi connectivity index (χ3v) is 5.59. The summed E-state index contributed by atoms with van der Waals surface area (Å²) < 4.78 is 8.06. The first-order valence-electron chi connectivity index (χ1n) is 8.24. The molecule has 0 atom stereocenters. The van der Waals surface area contributed by atoms with Gasteiger partial charge in [0.1, 0.15) is 5.75 Å². The highest BCUT2D eigenvalue weighted by atomic mass is 79.9. The first-order chi connectivity index (χ1) is 13.1. The molecule has 1 aromatic heterocycles. The van der Waals surface area contributed by atoms with Gasteiger partial charge < -0.3 is 14.6 Å². The van der Waals surface area contributed by atoms with E-state index in [0.29, 0.717) is 23.7 Å². The van der Waals surface area contributed by atoms with E-state index >= 15 is 0 Å². The molecule has 1 N–H and O–H groups in total. The van der Waals surface area contributed by atoms with Crippen LogP contribution >= 0.6 is 27.7 Å². The Kier molecular flexibility index (Phi) is 6.52. The number of hydrogen-bond donors (Lipinski definition) is 1. The van der Waals surface area contributed by atoms with E-state index in [4.69, 9.17) is 4.74 Å². The smallest absolute Gasteiger partial charge is 0.251 e. The highest BCUT2D eigenvalue weighted by molar-refractivity contribution is 9.10. The van der Waals surface area contributed by atoms with E-state index < -0.39 is 0 Å². The van der Waals surface area contributed by atoms with E-state index in [1.165, 1.54) is 5.56 Å². The molecule has 140 valence electrons. The molecule has 3 rings (SSSR count). The SMILES string of the molecule is COc1ccc(C(=O)NCc2nnc(SCc3ccc(Br)cc3)n2C)cc1. The summed E-state index contributed by atoms with van der Waals surface area (Å²) in [7, 11) is 3.49. The van der Waals surface area contributed by atoms with E-state index in [-0.39, 0.29) is 5.91 Å². The molecule has 0 aliphatic rings. The van der Waals surface area contributed by atoms with E-state index in [1.807, 2.05) is 23.7 Å². The lowest BCUT2D eigenvalue weighted by Crippen LogP contribution is -2.24. The van der Waals surface area contributed by atoms with Gasteiger partial charge in [-0.15, -0.1) is 10.2 Å². The zero-order chi connectivity index (χ0) is 19.2. The monoisotopic (exact) mass is 446 g/mol. The van der Waals surface area contributed by atoms with Crippen molar-refractivity contribution >= 4 is 33.6 Å². The van der Waals surface area contributed by atoms with Crippen molar-refractivity contribution in [1.29, 1.82) is 0 Å². The third kappa shape index (κ3) is 5.11. The Bertz CT molecular complexity index is 910. The number of ether oxygens (including phenoxy) is 1. The average Bonchev–Trinajstić information content (AvgIpc) is 3.05. The second-order valence-electron chi connectivity index (χ2n) is 5.78. The quantitative estimate of drug-likeness (QED) is 0.558. The van der Waals surface area contributed by atoms with Crippen molar-refractivity contribution < 1.29 is 9.53 Å². The van der Waals surface area contributed by atoms with Crippen LogP contribution in [0.3, 0.4) is 0 Å². The predicted molar refractivity (Wildman–Crippen MR) is 109 cm³/mol. The van der Waals surface area contributed by atoms with Gasteiger partial charge in [0, 0.05) is 22.8 Å². The minimum Gasteiger partial charge on any atom is -0.497 e. The number of carbonyl (C=O) groups is 1. The predicted octanol–water partition coefficient (Wildman–Crippen LogP) is 3.81. The molecule has 0 aliphatic heterocycles. The topological polar surface area (TPSA) is 69.0 Å². The Balaban J connectivity index is 1.56. The summed E-state index contributed by atoms with van der Waals surface area (Å²) in [6.07, 6.45) is 0. The van der Waals surface area contributed by atoms with Crippen molar-refractivity contribution in [2.75, 3.05) is 7.11 Å². The summed E-state index contributed by atoms with van der Waals surface area (Å²) in [5, 5.41) is 12.1. The zero-order valence-corrected chi connectivity index (χ0v) is 17.4. The Morgan fingerprint density at radius 3 is 2.52 bits per heavy atom. The lowest BCUT2D eigenvalue weighted by Gasteiger charge is -2.07. The summed E-state index contributed by atoms with van der Waals surface area (Å²) >= 11 is 5.04. The zero-order valence-electron chi connectivity index (χ0n) is 15.0. The average molecular weight is 447 g/mol. The van der Waals surface area contributed by atoms with E-state index in [0.717, 1.165) is 15.4 Å². The van der Waals surface area contributed by atoms with Gasteiger partial charge in [0.15, 0.2) is 11.0 Å². The van der Waals surface area contributed by atoms with Gasteiger partial charge in [0.2, 0.25) is 0 Å². The number of aromatic nitrogens is 3. The van der Waals surface area contributed by atoms with Crippen LogP contribution in [0.2, 0.25) is 0 Å². The summed E-state index contributed by atoms with van der Waals surface area (Å²) in [5.74, 6) is 2.06. The lowest BCUT2D eigenvalue weighted by atomic mass is 10.2. The Hall–Kier alpha value is -2.32. The molecule has 2 aromatic carbocycles. The molecule has 0 saturated heterocycles. The molecule has 0 aliphatic carbocycles. The van der Waals surface area contributed by atoms with Gasteiger partial charge >= 0.3 is 0 Å². The number of rotatable bonds is 7. The molecule has 1 heterocycles. The van der Waals surface area contributed by atoms with Crippen molar-refractivity contribution in [3.63, 3.8) is 0 Å². The van der Waals surface area contributed by atoms with Crippen LogP contribution in [-0.4, -0.2) is 27.8 Å².